The zero-order chi connectivity index (χ0) is 14.0. The maximum Gasteiger partial charge on any atom is 0.310 e. The van der Waals surface area contributed by atoms with Crippen LogP contribution in [-0.4, -0.2) is 28.6 Å². The lowest BCUT2D eigenvalue weighted by molar-refractivity contribution is -0.140. The highest BCUT2D eigenvalue weighted by Crippen LogP contribution is 2.31. The molecule has 0 aromatic heterocycles. The summed E-state index contributed by atoms with van der Waals surface area (Å²) in [5.41, 5.74) is 5.43. The molecule has 0 radical (unpaired) electrons. The van der Waals surface area contributed by atoms with Crippen LogP contribution in [-0.2, 0) is 9.59 Å². The molecular formula is C14H22N2O3. The largest absolute Gasteiger partial charge is 0.481 e. The van der Waals surface area contributed by atoms with Gasteiger partial charge in [-0.2, -0.15) is 0 Å². The summed E-state index contributed by atoms with van der Waals surface area (Å²) in [5, 5.41) is 11.8. The molecule has 0 saturated heterocycles. The summed E-state index contributed by atoms with van der Waals surface area (Å²) in [6.07, 6.45) is 7.33. The Bertz CT molecular complexity index is 407. The molecule has 4 unspecified atom stereocenters. The van der Waals surface area contributed by atoms with Crippen LogP contribution in [0.25, 0.3) is 0 Å². The first kappa shape index (κ1) is 14.1. The van der Waals surface area contributed by atoms with E-state index in [0.717, 1.165) is 12.8 Å². The van der Waals surface area contributed by atoms with Crippen molar-refractivity contribution in [1.29, 1.82) is 0 Å². The number of hydrogen-bond donors (Lipinski definition) is 3. The Morgan fingerprint density at radius 1 is 1.42 bits per heavy atom. The fourth-order valence-corrected chi connectivity index (χ4v) is 3.10. The Hall–Kier alpha value is -1.36. The second kappa shape index (κ2) is 5.33. The highest BCUT2D eigenvalue weighted by molar-refractivity contribution is 5.87. The van der Waals surface area contributed by atoms with E-state index in [-0.39, 0.29) is 11.9 Å². The number of carboxylic acid groups (broad SMARTS) is 1. The van der Waals surface area contributed by atoms with Crippen molar-refractivity contribution in [3.05, 3.63) is 12.2 Å². The van der Waals surface area contributed by atoms with Gasteiger partial charge in [0.25, 0.3) is 0 Å². The van der Waals surface area contributed by atoms with Crippen LogP contribution in [0, 0.1) is 11.8 Å². The van der Waals surface area contributed by atoms with Crippen LogP contribution in [0.4, 0.5) is 0 Å². The fourth-order valence-electron chi connectivity index (χ4n) is 3.10. The number of nitrogens with two attached hydrogens (primary N) is 1. The predicted molar refractivity (Wildman–Crippen MR) is 71.4 cm³/mol. The molecule has 0 heterocycles. The molecule has 0 aromatic rings. The maximum atomic E-state index is 12.3. The van der Waals surface area contributed by atoms with Gasteiger partial charge < -0.3 is 16.2 Å². The van der Waals surface area contributed by atoms with Crippen LogP contribution in [0.3, 0.4) is 0 Å². The number of nitrogens with one attached hydrogen (secondary N) is 1. The zero-order valence-electron chi connectivity index (χ0n) is 11.3. The van der Waals surface area contributed by atoms with Gasteiger partial charge in [0.15, 0.2) is 0 Å². The minimum Gasteiger partial charge on any atom is -0.481 e. The van der Waals surface area contributed by atoms with Crippen LogP contribution in [0.5, 0.6) is 0 Å². The Morgan fingerprint density at radius 3 is 2.74 bits per heavy atom. The average Bonchev–Trinajstić information content (AvgIpc) is 2.77. The Balaban J connectivity index is 1.91. The van der Waals surface area contributed by atoms with Gasteiger partial charge in [0.05, 0.1) is 11.5 Å². The molecule has 1 fully saturated rings. The third kappa shape index (κ3) is 3.15. The summed E-state index contributed by atoms with van der Waals surface area (Å²) in [7, 11) is 0. The van der Waals surface area contributed by atoms with Crippen molar-refractivity contribution < 1.29 is 14.7 Å². The second-order valence-electron chi connectivity index (χ2n) is 6.00. The third-order valence-electron chi connectivity index (χ3n) is 4.20. The quantitative estimate of drug-likeness (QED) is 0.665. The van der Waals surface area contributed by atoms with E-state index in [1.54, 1.807) is 12.2 Å². The van der Waals surface area contributed by atoms with Gasteiger partial charge in [-0.1, -0.05) is 31.9 Å². The van der Waals surface area contributed by atoms with E-state index >= 15 is 0 Å². The molecule has 4 N–H and O–H groups in total. The first-order valence-electron chi connectivity index (χ1n) is 6.92. The number of amides is 1. The van der Waals surface area contributed by atoms with Crippen molar-refractivity contribution in [1.82, 2.24) is 5.32 Å². The van der Waals surface area contributed by atoms with Crippen molar-refractivity contribution >= 4 is 11.9 Å². The molecule has 0 aromatic carbocycles. The van der Waals surface area contributed by atoms with Gasteiger partial charge >= 0.3 is 5.97 Å². The molecule has 2 rings (SSSR count). The number of carbonyl (C=O) groups excluding carboxylic acids is 1. The van der Waals surface area contributed by atoms with E-state index in [1.165, 1.54) is 0 Å². The zero-order valence-corrected chi connectivity index (χ0v) is 11.3. The van der Waals surface area contributed by atoms with Gasteiger partial charge in [-0.15, -0.1) is 0 Å². The molecule has 0 spiro atoms. The van der Waals surface area contributed by atoms with Gasteiger partial charge in [-0.25, -0.2) is 0 Å². The van der Waals surface area contributed by atoms with Crippen LogP contribution in [0.2, 0.25) is 0 Å². The molecule has 2 aliphatic carbocycles. The molecule has 2 aliphatic rings. The highest BCUT2D eigenvalue weighted by atomic mass is 16.4. The van der Waals surface area contributed by atoms with E-state index in [1.807, 2.05) is 0 Å². The average molecular weight is 266 g/mol. The van der Waals surface area contributed by atoms with Crippen molar-refractivity contribution in [3.8, 4) is 0 Å². The van der Waals surface area contributed by atoms with Crippen molar-refractivity contribution in [2.24, 2.45) is 17.6 Å². The van der Waals surface area contributed by atoms with Crippen LogP contribution >= 0.6 is 0 Å². The molecule has 0 aliphatic heterocycles. The summed E-state index contributed by atoms with van der Waals surface area (Å²) in [5.74, 6) is -1.01. The standard InChI is InChI=1S/C14H22N2O3/c1-9-3-2-6-14(15,8-9)13(19)16-11-5-4-10(7-11)12(17)18/h4-5,9-11H,2-3,6-8,15H2,1H3,(H,16,19)(H,17,18). The summed E-state index contributed by atoms with van der Waals surface area (Å²) >= 11 is 0. The van der Waals surface area contributed by atoms with Gasteiger partial charge in [0.2, 0.25) is 5.91 Å². The lowest BCUT2D eigenvalue weighted by Crippen LogP contribution is -2.57. The van der Waals surface area contributed by atoms with Gasteiger partial charge in [0, 0.05) is 6.04 Å². The molecular weight excluding hydrogens is 244 g/mol. The molecule has 106 valence electrons. The summed E-state index contributed by atoms with van der Waals surface area (Å²) < 4.78 is 0. The monoisotopic (exact) mass is 266 g/mol. The van der Waals surface area contributed by atoms with E-state index < -0.39 is 17.4 Å². The molecule has 5 nitrogen and oxygen atoms in total. The topological polar surface area (TPSA) is 92.4 Å². The molecule has 1 amide bonds. The van der Waals surface area contributed by atoms with Crippen molar-refractivity contribution in [2.45, 2.75) is 50.6 Å². The minimum absolute atomic E-state index is 0.139. The Morgan fingerprint density at radius 2 is 2.16 bits per heavy atom. The molecule has 5 heteroatoms. The van der Waals surface area contributed by atoms with Crippen molar-refractivity contribution in [3.63, 3.8) is 0 Å². The highest BCUT2D eigenvalue weighted by Gasteiger charge is 2.39. The fraction of sp³-hybridized carbons (Fsp3) is 0.714. The third-order valence-corrected chi connectivity index (χ3v) is 4.20. The lowest BCUT2D eigenvalue weighted by Gasteiger charge is -2.36. The van der Waals surface area contributed by atoms with Crippen molar-refractivity contribution in [2.75, 3.05) is 0 Å². The van der Waals surface area contributed by atoms with Gasteiger partial charge in [-0.3, -0.25) is 9.59 Å². The summed E-state index contributed by atoms with van der Waals surface area (Å²) in [4.78, 5) is 23.1. The molecule has 4 atom stereocenters. The number of aliphatic carboxylic acids is 1. The van der Waals surface area contributed by atoms with E-state index in [9.17, 15) is 9.59 Å². The first-order chi connectivity index (χ1) is 8.90. The van der Waals surface area contributed by atoms with E-state index in [0.29, 0.717) is 25.2 Å². The minimum atomic E-state index is -0.846. The summed E-state index contributed by atoms with van der Waals surface area (Å²) in [6, 6.07) is -0.203. The molecule has 1 saturated carbocycles. The van der Waals surface area contributed by atoms with Crippen LogP contribution in [0.1, 0.15) is 39.0 Å². The SMILES string of the molecule is CC1CCCC(N)(C(=O)NC2C=CC(C(=O)O)C2)C1. The molecule has 19 heavy (non-hydrogen) atoms. The number of carbonyl (C=O) groups is 2. The summed E-state index contributed by atoms with van der Waals surface area (Å²) in [6.45, 7) is 2.12. The predicted octanol–water partition coefficient (Wildman–Crippen LogP) is 1.04. The Labute approximate surface area is 113 Å². The smallest absolute Gasteiger partial charge is 0.310 e. The first-order valence-corrected chi connectivity index (χ1v) is 6.92. The number of rotatable bonds is 3. The number of carboxylic acids is 1. The van der Waals surface area contributed by atoms with Crippen LogP contribution in [0.15, 0.2) is 12.2 Å². The van der Waals surface area contributed by atoms with Gasteiger partial charge in [0.1, 0.15) is 0 Å². The lowest BCUT2D eigenvalue weighted by atomic mass is 9.76. The van der Waals surface area contributed by atoms with E-state index in [2.05, 4.69) is 12.2 Å². The number of hydrogen-bond acceptors (Lipinski definition) is 3. The maximum absolute atomic E-state index is 12.3. The second-order valence-corrected chi connectivity index (χ2v) is 6.00. The Kier molecular flexibility index (Phi) is 3.94. The van der Waals surface area contributed by atoms with Crippen LogP contribution < -0.4 is 11.1 Å². The van der Waals surface area contributed by atoms with Gasteiger partial charge in [-0.05, 0) is 25.2 Å². The molecule has 0 bridgehead atoms. The normalized spacial score (nSPS) is 38.1. The van der Waals surface area contributed by atoms with E-state index in [4.69, 9.17) is 10.8 Å².